The fourth-order valence-electron chi connectivity index (χ4n) is 1.71. The number of pyridine rings is 1. The number of amides is 1. The van der Waals surface area contributed by atoms with E-state index in [2.05, 4.69) is 15.8 Å². The molecule has 6 nitrogen and oxygen atoms in total. The first-order valence-corrected chi connectivity index (χ1v) is 7.68. The number of carbonyl (C=O) groups excluding carboxylic acids is 1. The molecule has 0 atom stereocenters. The second-order valence-corrected chi connectivity index (χ2v) is 5.56. The number of aromatic nitrogens is 1. The molecule has 1 aromatic heterocycles. The summed E-state index contributed by atoms with van der Waals surface area (Å²) in [4.78, 5) is 20.9. The summed E-state index contributed by atoms with van der Waals surface area (Å²) in [5, 5.41) is 11.7. The van der Waals surface area contributed by atoms with Gasteiger partial charge in [0.1, 0.15) is 23.4 Å². The van der Waals surface area contributed by atoms with Crippen molar-refractivity contribution < 1.29 is 14.0 Å². The van der Waals surface area contributed by atoms with Gasteiger partial charge < -0.3 is 5.32 Å². The minimum Gasteiger partial charge on any atom is -0.337 e. The molecule has 0 saturated carbocycles. The van der Waals surface area contributed by atoms with Crippen LogP contribution in [0.2, 0.25) is 0 Å². The Morgan fingerprint density at radius 3 is 2.87 bits per heavy atom. The van der Waals surface area contributed by atoms with E-state index in [0.717, 1.165) is 3.57 Å². The zero-order valence-electron chi connectivity index (χ0n) is 12.1. The average molecular weight is 426 g/mol. The molecule has 2 aromatic rings. The standard InChI is InChI=1S/C15H12FIN4O2/c1-2-23-21-15(22)11-5-4-10(8-18)19-14(11)20-13-6-3-9(17)7-12(13)16/h3-7H,2H2,1H3,(H,19,20)(H,21,22). The van der Waals surface area contributed by atoms with Crippen molar-refractivity contribution in [2.24, 2.45) is 0 Å². The molecule has 0 spiro atoms. The monoisotopic (exact) mass is 426 g/mol. The Labute approximate surface area is 145 Å². The van der Waals surface area contributed by atoms with Gasteiger partial charge in [0.05, 0.1) is 17.9 Å². The first-order valence-electron chi connectivity index (χ1n) is 6.60. The third kappa shape index (κ3) is 4.37. The van der Waals surface area contributed by atoms with Crippen molar-refractivity contribution >= 4 is 40.0 Å². The number of anilines is 2. The van der Waals surface area contributed by atoms with Crippen LogP contribution in [0.25, 0.3) is 0 Å². The summed E-state index contributed by atoms with van der Waals surface area (Å²) < 4.78 is 14.7. The predicted octanol–water partition coefficient (Wildman–Crippen LogP) is 3.12. The Kier molecular flexibility index (Phi) is 5.84. The van der Waals surface area contributed by atoms with Crippen LogP contribution in [0.4, 0.5) is 15.9 Å². The maximum absolute atomic E-state index is 14.0. The van der Waals surface area contributed by atoms with Gasteiger partial charge in [0.15, 0.2) is 0 Å². The van der Waals surface area contributed by atoms with E-state index in [4.69, 9.17) is 10.1 Å². The zero-order chi connectivity index (χ0) is 16.8. The van der Waals surface area contributed by atoms with Crippen molar-refractivity contribution in [2.75, 3.05) is 11.9 Å². The smallest absolute Gasteiger partial charge is 0.278 e. The van der Waals surface area contributed by atoms with Gasteiger partial charge in [0, 0.05) is 3.57 Å². The Morgan fingerprint density at radius 1 is 1.43 bits per heavy atom. The first-order chi connectivity index (χ1) is 11.0. The number of hydrogen-bond acceptors (Lipinski definition) is 5. The minimum atomic E-state index is -0.544. The maximum Gasteiger partial charge on any atom is 0.278 e. The van der Waals surface area contributed by atoms with E-state index < -0.39 is 11.7 Å². The van der Waals surface area contributed by atoms with Crippen molar-refractivity contribution in [3.05, 3.63) is 51.0 Å². The molecule has 1 aromatic carbocycles. The van der Waals surface area contributed by atoms with Crippen molar-refractivity contribution in [2.45, 2.75) is 6.92 Å². The van der Waals surface area contributed by atoms with Crippen LogP contribution in [0.5, 0.6) is 0 Å². The molecule has 0 radical (unpaired) electrons. The number of nitrogens with zero attached hydrogens (tertiary/aromatic N) is 2. The van der Waals surface area contributed by atoms with Crippen molar-refractivity contribution in [3.8, 4) is 6.07 Å². The number of carbonyl (C=O) groups is 1. The van der Waals surface area contributed by atoms with E-state index >= 15 is 0 Å². The molecule has 0 aliphatic carbocycles. The van der Waals surface area contributed by atoms with E-state index in [9.17, 15) is 9.18 Å². The quantitative estimate of drug-likeness (QED) is 0.567. The molecule has 1 amide bonds. The largest absolute Gasteiger partial charge is 0.337 e. The van der Waals surface area contributed by atoms with Crippen LogP contribution in [-0.4, -0.2) is 17.5 Å². The molecule has 118 valence electrons. The van der Waals surface area contributed by atoms with Gasteiger partial charge in [-0.25, -0.2) is 14.9 Å². The van der Waals surface area contributed by atoms with Crippen LogP contribution in [0, 0.1) is 20.7 Å². The van der Waals surface area contributed by atoms with Gasteiger partial charge in [-0.2, -0.15) is 5.26 Å². The number of hydrogen-bond donors (Lipinski definition) is 2. The summed E-state index contributed by atoms with van der Waals surface area (Å²) in [5.41, 5.74) is 2.63. The summed E-state index contributed by atoms with van der Waals surface area (Å²) in [6.07, 6.45) is 0. The van der Waals surface area contributed by atoms with E-state index in [0.29, 0.717) is 6.61 Å². The topological polar surface area (TPSA) is 87.0 Å². The van der Waals surface area contributed by atoms with Crippen LogP contribution in [-0.2, 0) is 4.84 Å². The van der Waals surface area contributed by atoms with E-state index in [-0.39, 0.29) is 22.8 Å². The average Bonchev–Trinajstić information content (AvgIpc) is 2.55. The molecule has 0 aliphatic heterocycles. The lowest BCUT2D eigenvalue weighted by Gasteiger charge is -2.12. The molecule has 0 aliphatic rings. The number of hydroxylamine groups is 1. The van der Waals surface area contributed by atoms with Crippen molar-refractivity contribution in [3.63, 3.8) is 0 Å². The second kappa shape index (κ2) is 7.85. The van der Waals surface area contributed by atoms with Crippen LogP contribution >= 0.6 is 22.6 Å². The lowest BCUT2D eigenvalue weighted by Crippen LogP contribution is -2.25. The fraction of sp³-hybridized carbons (Fsp3) is 0.133. The SMILES string of the molecule is CCONC(=O)c1ccc(C#N)nc1Nc1ccc(I)cc1F. The Morgan fingerprint density at radius 2 is 2.22 bits per heavy atom. The fourth-order valence-corrected chi connectivity index (χ4v) is 2.16. The molecule has 2 N–H and O–H groups in total. The summed E-state index contributed by atoms with van der Waals surface area (Å²) in [6.45, 7) is 2.02. The molecular weight excluding hydrogens is 414 g/mol. The highest BCUT2D eigenvalue weighted by atomic mass is 127. The number of nitriles is 1. The van der Waals surface area contributed by atoms with E-state index in [1.54, 1.807) is 13.0 Å². The molecule has 0 unspecified atom stereocenters. The number of rotatable bonds is 5. The first kappa shape index (κ1) is 17.1. The zero-order valence-corrected chi connectivity index (χ0v) is 14.2. The van der Waals surface area contributed by atoms with Gasteiger partial charge in [0.2, 0.25) is 0 Å². The van der Waals surface area contributed by atoms with E-state index in [1.807, 2.05) is 28.7 Å². The third-order valence-electron chi connectivity index (χ3n) is 2.75. The lowest BCUT2D eigenvalue weighted by molar-refractivity contribution is 0.0365. The molecule has 0 bridgehead atoms. The Balaban J connectivity index is 2.38. The molecule has 0 fully saturated rings. The third-order valence-corrected chi connectivity index (χ3v) is 3.42. The number of nitrogens with one attached hydrogen (secondary N) is 2. The highest BCUT2D eigenvalue weighted by Crippen LogP contribution is 2.23. The summed E-state index contributed by atoms with van der Waals surface area (Å²) >= 11 is 1.99. The normalized spacial score (nSPS) is 10.0. The van der Waals surface area contributed by atoms with Gasteiger partial charge in [-0.15, -0.1) is 0 Å². The Bertz CT molecular complexity index is 777. The molecular formula is C15H12FIN4O2. The second-order valence-electron chi connectivity index (χ2n) is 4.32. The van der Waals surface area contributed by atoms with Gasteiger partial charge in [-0.3, -0.25) is 9.63 Å². The van der Waals surface area contributed by atoms with Gasteiger partial charge in [-0.1, -0.05) is 0 Å². The van der Waals surface area contributed by atoms with Crippen LogP contribution in [0.1, 0.15) is 23.0 Å². The van der Waals surface area contributed by atoms with Crippen molar-refractivity contribution in [1.29, 1.82) is 5.26 Å². The van der Waals surface area contributed by atoms with Crippen LogP contribution in [0.3, 0.4) is 0 Å². The van der Waals surface area contributed by atoms with E-state index in [1.165, 1.54) is 24.3 Å². The molecule has 2 rings (SSSR count). The summed E-state index contributed by atoms with van der Waals surface area (Å²) in [5.74, 6) is -0.962. The molecule has 8 heteroatoms. The highest BCUT2D eigenvalue weighted by molar-refractivity contribution is 14.1. The van der Waals surface area contributed by atoms with Gasteiger partial charge in [0.25, 0.3) is 5.91 Å². The highest BCUT2D eigenvalue weighted by Gasteiger charge is 2.15. The molecule has 0 saturated heterocycles. The number of halogens is 2. The predicted molar refractivity (Wildman–Crippen MR) is 90.4 cm³/mol. The van der Waals surface area contributed by atoms with Gasteiger partial charge in [-0.05, 0) is 59.8 Å². The molecule has 23 heavy (non-hydrogen) atoms. The maximum atomic E-state index is 14.0. The molecule has 1 heterocycles. The van der Waals surface area contributed by atoms with Crippen LogP contribution < -0.4 is 10.8 Å². The Hall–Kier alpha value is -2.25. The summed E-state index contributed by atoms with van der Waals surface area (Å²) in [7, 11) is 0. The minimum absolute atomic E-state index is 0.0707. The lowest BCUT2D eigenvalue weighted by atomic mass is 10.2. The van der Waals surface area contributed by atoms with Crippen molar-refractivity contribution in [1.82, 2.24) is 10.5 Å². The van der Waals surface area contributed by atoms with Crippen LogP contribution in [0.15, 0.2) is 30.3 Å². The number of benzene rings is 1. The summed E-state index contributed by atoms with van der Waals surface area (Å²) in [6, 6.07) is 9.28. The van der Waals surface area contributed by atoms with Gasteiger partial charge >= 0.3 is 0 Å².